The largest absolute Gasteiger partial charge is 0.387 e. The zero-order valence-electron chi connectivity index (χ0n) is 18.8. The van der Waals surface area contributed by atoms with Crippen LogP contribution in [0.5, 0.6) is 0 Å². The van der Waals surface area contributed by atoms with Crippen LogP contribution in [0.15, 0.2) is 54.6 Å². The predicted octanol–water partition coefficient (Wildman–Crippen LogP) is 4.29. The summed E-state index contributed by atoms with van der Waals surface area (Å²) in [6.07, 6.45) is 1.16. The molecule has 0 fully saturated rings. The number of hydrogen-bond donors (Lipinski definition) is 3. The van der Waals surface area contributed by atoms with E-state index in [9.17, 15) is 9.90 Å². The molecule has 0 spiro atoms. The van der Waals surface area contributed by atoms with Gasteiger partial charge in [-0.2, -0.15) is 5.10 Å². The van der Waals surface area contributed by atoms with Gasteiger partial charge in [0.15, 0.2) is 0 Å². The maximum absolute atomic E-state index is 12.7. The average molecular weight is 455 g/mol. The standard InChI is InChI=1S/C25H31ClN4O2/c1-4-22(27-15-24(31)19-9-11-21(26)12-10-19)14-18-5-7-20(8-6-18)25(32)30(3)16-23-13-17(2)28-29-23/h5-13,22,24,27,31H,4,14-16H2,1-3H3,(H,28,29). The molecule has 3 N–H and O–H groups in total. The smallest absolute Gasteiger partial charge is 0.253 e. The van der Waals surface area contributed by atoms with E-state index in [2.05, 4.69) is 22.4 Å². The summed E-state index contributed by atoms with van der Waals surface area (Å²) >= 11 is 5.92. The summed E-state index contributed by atoms with van der Waals surface area (Å²) in [6, 6.07) is 17.2. The molecule has 3 aromatic rings. The third-order valence-electron chi connectivity index (χ3n) is 5.54. The van der Waals surface area contributed by atoms with Crippen LogP contribution in [-0.2, 0) is 13.0 Å². The van der Waals surface area contributed by atoms with Crippen molar-refractivity contribution in [1.29, 1.82) is 0 Å². The highest BCUT2D eigenvalue weighted by Crippen LogP contribution is 2.17. The zero-order valence-corrected chi connectivity index (χ0v) is 19.6. The molecule has 0 aliphatic heterocycles. The first-order valence-corrected chi connectivity index (χ1v) is 11.3. The Morgan fingerprint density at radius 1 is 1.19 bits per heavy atom. The molecule has 6 nitrogen and oxygen atoms in total. The van der Waals surface area contributed by atoms with Gasteiger partial charge in [0, 0.05) is 35.9 Å². The summed E-state index contributed by atoms with van der Waals surface area (Å²) < 4.78 is 0. The van der Waals surface area contributed by atoms with Gasteiger partial charge in [0.05, 0.1) is 18.3 Å². The third kappa shape index (κ3) is 6.66. The quantitative estimate of drug-likeness (QED) is 0.427. The molecule has 2 atom stereocenters. The molecule has 0 saturated heterocycles. The van der Waals surface area contributed by atoms with Crippen molar-refractivity contribution in [1.82, 2.24) is 20.4 Å². The summed E-state index contributed by atoms with van der Waals surface area (Å²) in [5, 5.41) is 21.6. The third-order valence-corrected chi connectivity index (χ3v) is 5.79. The highest BCUT2D eigenvalue weighted by molar-refractivity contribution is 6.30. The van der Waals surface area contributed by atoms with Crippen molar-refractivity contribution < 1.29 is 9.90 Å². The molecule has 1 amide bonds. The van der Waals surface area contributed by atoms with Crippen LogP contribution in [0.2, 0.25) is 5.02 Å². The van der Waals surface area contributed by atoms with E-state index in [1.807, 2.05) is 49.4 Å². The number of nitrogens with one attached hydrogen (secondary N) is 2. The SMILES string of the molecule is CCC(Cc1ccc(C(=O)N(C)Cc2cc(C)[nH]n2)cc1)NCC(O)c1ccc(Cl)cc1. The maximum Gasteiger partial charge on any atom is 0.253 e. The molecule has 2 aromatic carbocycles. The number of carbonyl (C=O) groups excluding carboxylic acids is 1. The van der Waals surface area contributed by atoms with Crippen LogP contribution in [0.4, 0.5) is 0 Å². The highest BCUT2D eigenvalue weighted by Gasteiger charge is 2.15. The number of amides is 1. The van der Waals surface area contributed by atoms with E-state index in [0.717, 1.165) is 35.4 Å². The summed E-state index contributed by atoms with van der Waals surface area (Å²) in [7, 11) is 1.78. The average Bonchev–Trinajstić information content (AvgIpc) is 3.21. The lowest BCUT2D eigenvalue weighted by molar-refractivity contribution is 0.0783. The molecule has 1 aromatic heterocycles. The number of aromatic amines is 1. The van der Waals surface area contributed by atoms with Crippen LogP contribution in [0.1, 0.15) is 52.3 Å². The minimum atomic E-state index is -0.588. The van der Waals surface area contributed by atoms with Gasteiger partial charge in [0.1, 0.15) is 0 Å². The number of halogens is 1. The fraction of sp³-hybridized carbons (Fsp3) is 0.360. The summed E-state index contributed by atoms with van der Waals surface area (Å²) in [5.74, 6) is -0.0338. The summed E-state index contributed by atoms with van der Waals surface area (Å²) in [4.78, 5) is 14.4. The molecule has 0 aliphatic carbocycles. The van der Waals surface area contributed by atoms with Gasteiger partial charge in [-0.3, -0.25) is 9.89 Å². The van der Waals surface area contributed by atoms with Gasteiger partial charge in [-0.25, -0.2) is 0 Å². The molecule has 0 bridgehead atoms. The van der Waals surface area contributed by atoms with Crippen molar-refractivity contribution in [2.24, 2.45) is 0 Å². The van der Waals surface area contributed by atoms with Crippen molar-refractivity contribution in [2.45, 2.75) is 45.4 Å². The van der Waals surface area contributed by atoms with E-state index in [0.29, 0.717) is 23.7 Å². The van der Waals surface area contributed by atoms with Crippen LogP contribution < -0.4 is 5.32 Å². The van der Waals surface area contributed by atoms with E-state index in [1.165, 1.54) is 0 Å². The van der Waals surface area contributed by atoms with Crippen molar-refractivity contribution in [3.05, 3.63) is 87.7 Å². The molecule has 170 valence electrons. The van der Waals surface area contributed by atoms with Crippen molar-refractivity contribution >= 4 is 17.5 Å². The van der Waals surface area contributed by atoms with E-state index in [-0.39, 0.29) is 11.9 Å². The van der Waals surface area contributed by atoms with Crippen LogP contribution >= 0.6 is 11.6 Å². The summed E-state index contributed by atoms with van der Waals surface area (Å²) in [6.45, 7) is 4.99. The van der Waals surface area contributed by atoms with Crippen LogP contribution in [-0.4, -0.2) is 45.7 Å². The lowest BCUT2D eigenvalue weighted by Gasteiger charge is -2.20. The number of carbonyl (C=O) groups is 1. The molecule has 2 unspecified atom stereocenters. The Hall–Kier alpha value is -2.67. The van der Waals surface area contributed by atoms with E-state index in [4.69, 9.17) is 11.6 Å². The molecule has 0 aliphatic rings. The van der Waals surface area contributed by atoms with E-state index < -0.39 is 6.10 Å². The zero-order chi connectivity index (χ0) is 23.1. The maximum atomic E-state index is 12.7. The van der Waals surface area contributed by atoms with E-state index in [1.54, 1.807) is 24.1 Å². The summed E-state index contributed by atoms with van der Waals surface area (Å²) in [5.41, 5.74) is 4.46. The van der Waals surface area contributed by atoms with Gasteiger partial charge in [-0.1, -0.05) is 42.8 Å². The van der Waals surface area contributed by atoms with Gasteiger partial charge in [0.2, 0.25) is 0 Å². The predicted molar refractivity (Wildman–Crippen MR) is 128 cm³/mol. The second kappa shape index (κ2) is 11.3. The van der Waals surface area contributed by atoms with Crippen LogP contribution in [0.3, 0.4) is 0 Å². The van der Waals surface area contributed by atoms with Crippen LogP contribution in [0, 0.1) is 6.92 Å². The number of H-pyrrole nitrogens is 1. The number of nitrogens with zero attached hydrogens (tertiary/aromatic N) is 2. The first-order chi connectivity index (χ1) is 15.4. The fourth-order valence-electron chi connectivity index (χ4n) is 3.60. The lowest BCUT2D eigenvalue weighted by Crippen LogP contribution is -2.34. The minimum Gasteiger partial charge on any atom is -0.387 e. The number of rotatable bonds is 10. The first kappa shape index (κ1) is 24.0. The number of benzene rings is 2. The Labute approximate surface area is 194 Å². The second-order valence-electron chi connectivity index (χ2n) is 8.19. The molecule has 0 radical (unpaired) electrons. The molecule has 1 heterocycles. The van der Waals surface area contributed by atoms with Gasteiger partial charge < -0.3 is 15.3 Å². The van der Waals surface area contributed by atoms with E-state index >= 15 is 0 Å². The molecule has 32 heavy (non-hydrogen) atoms. The molecular formula is C25H31ClN4O2. The Morgan fingerprint density at radius 2 is 1.88 bits per heavy atom. The first-order valence-electron chi connectivity index (χ1n) is 10.9. The minimum absolute atomic E-state index is 0.0338. The number of hydrogen-bond acceptors (Lipinski definition) is 4. The van der Waals surface area contributed by atoms with Crippen molar-refractivity contribution in [3.8, 4) is 0 Å². The van der Waals surface area contributed by atoms with Gasteiger partial charge in [-0.15, -0.1) is 0 Å². The number of aliphatic hydroxyl groups is 1. The number of aryl methyl sites for hydroxylation is 1. The van der Waals surface area contributed by atoms with Crippen molar-refractivity contribution in [3.63, 3.8) is 0 Å². The van der Waals surface area contributed by atoms with Gasteiger partial charge in [-0.05, 0) is 61.2 Å². The Kier molecular flexibility index (Phi) is 8.45. The Bertz CT molecular complexity index is 1000. The Balaban J connectivity index is 1.52. The van der Waals surface area contributed by atoms with Crippen LogP contribution in [0.25, 0.3) is 0 Å². The molecule has 7 heteroatoms. The van der Waals surface area contributed by atoms with Gasteiger partial charge in [0.25, 0.3) is 5.91 Å². The molecule has 3 rings (SSSR count). The monoisotopic (exact) mass is 454 g/mol. The van der Waals surface area contributed by atoms with Crippen molar-refractivity contribution in [2.75, 3.05) is 13.6 Å². The molecule has 0 saturated carbocycles. The highest BCUT2D eigenvalue weighted by atomic mass is 35.5. The number of aromatic nitrogens is 2. The fourth-order valence-corrected chi connectivity index (χ4v) is 3.73. The second-order valence-corrected chi connectivity index (χ2v) is 8.62. The Morgan fingerprint density at radius 3 is 2.47 bits per heavy atom. The topological polar surface area (TPSA) is 81.2 Å². The normalized spacial score (nSPS) is 13.0. The number of aliphatic hydroxyl groups excluding tert-OH is 1. The molecular weight excluding hydrogens is 424 g/mol. The van der Waals surface area contributed by atoms with Gasteiger partial charge >= 0.3 is 0 Å². The lowest BCUT2D eigenvalue weighted by atomic mass is 10.0.